The van der Waals surface area contributed by atoms with Crippen LogP contribution in [0.3, 0.4) is 0 Å². The molecule has 0 atom stereocenters. The fourth-order valence-electron chi connectivity index (χ4n) is 3.48. The van der Waals surface area contributed by atoms with E-state index < -0.39 is 0 Å². The van der Waals surface area contributed by atoms with Crippen LogP contribution < -0.4 is 14.9 Å². The second kappa shape index (κ2) is 6.98. The molecule has 1 aromatic heterocycles. The number of anilines is 3. The molecule has 2 aromatic rings. The summed E-state index contributed by atoms with van der Waals surface area (Å²) in [5.41, 5.74) is 1.10. The van der Waals surface area contributed by atoms with Crippen LogP contribution in [0.15, 0.2) is 42.6 Å². The molecule has 1 saturated heterocycles. The maximum Gasteiger partial charge on any atom is 0.329 e. The standard InChI is InChI=1S/C19H21N5O3/c1-21-9-11-22(12-10-21)13-17(25)24-16-7-3-2-5-14(16)18(26)20-15-6-4-8-23(27)19(15)24/h2-8H,9-13H2,1H3,(H,20,26). The van der Waals surface area contributed by atoms with Crippen molar-refractivity contribution < 1.29 is 14.3 Å². The van der Waals surface area contributed by atoms with Crippen molar-refractivity contribution in [1.29, 1.82) is 0 Å². The fraction of sp³-hybridized carbons (Fsp3) is 0.316. The number of fused-ring (bicyclic) bond motifs is 2. The number of carbonyl (C=O) groups excluding carboxylic acids is 2. The number of amides is 2. The third kappa shape index (κ3) is 3.24. The molecule has 1 N–H and O–H groups in total. The zero-order chi connectivity index (χ0) is 19.0. The van der Waals surface area contributed by atoms with Gasteiger partial charge in [0, 0.05) is 26.2 Å². The lowest BCUT2D eigenvalue weighted by Crippen LogP contribution is -2.49. The Hall–Kier alpha value is -2.97. The zero-order valence-electron chi connectivity index (χ0n) is 15.1. The molecule has 8 nitrogen and oxygen atoms in total. The average Bonchev–Trinajstić information content (AvgIpc) is 2.79. The fourth-order valence-corrected chi connectivity index (χ4v) is 3.48. The number of nitrogens with zero attached hydrogens (tertiary/aromatic N) is 4. The average molecular weight is 367 g/mol. The van der Waals surface area contributed by atoms with Crippen molar-refractivity contribution in [1.82, 2.24) is 9.80 Å². The maximum atomic E-state index is 13.3. The second-order valence-corrected chi connectivity index (χ2v) is 6.85. The Bertz CT molecular complexity index is 893. The van der Waals surface area contributed by atoms with Gasteiger partial charge in [-0.2, -0.15) is 4.90 Å². The molecule has 3 heterocycles. The van der Waals surface area contributed by atoms with Gasteiger partial charge in [-0.1, -0.05) is 12.1 Å². The minimum Gasteiger partial charge on any atom is -0.711 e. The highest BCUT2D eigenvalue weighted by atomic mass is 16.5. The van der Waals surface area contributed by atoms with E-state index in [0.717, 1.165) is 26.2 Å². The van der Waals surface area contributed by atoms with Gasteiger partial charge in [0.2, 0.25) is 0 Å². The Morgan fingerprint density at radius 2 is 1.89 bits per heavy atom. The molecule has 4 rings (SSSR count). The van der Waals surface area contributed by atoms with Crippen LogP contribution >= 0.6 is 0 Å². The van der Waals surface area contributed by atoms with Gasteiger partial charge in [-0.3, -0.25) is 9.69 Å². The first-order valence-corrected chi connectivity index (χ1v) is 8.91. The summed E-state index contributed by atoms with van der Waals surface area (Å²) in [4.78, 5) is 31.5. The van der Waals surface area contributed by atoms with Gasteiger partial charge in [-0.05, 0) is 31.3 Å². The SMILES string of the molecule is CN1CCN(CC(=O)N2c3ccccc3C(=O)Nc3ccc[n+]([O-])c32)CC1. The summed E-state index contributed by atoms with van der Waals surface area (Å²) >= 11 is 0. The van der Waals surface area contributed by atoms with Crippen LogP contribution in [-0.4, -0.2) is 61.4 Å². The van der Waals surface area contributed by atoms with Gasteiger partial charge >= 0.3 is 11.7 Å². The molecule has 0 unspecified atom stereocenters. The van der Waals surface area contributed by atoms with Crippen molar-refractivity contribution in [2.24, 2.45) is 0 Å². The first-order chi connectivity index (χ1) is 13.0. The Balaban J connectivity index is 1.75. The molecule has 0 saturated carbocycles. The van der Waals surface area contributed by atoms with E-state index in [9.17, 15) is 14.8 Å². The minimum atomic E-state index is -0.340. The van der Waals surface area contributed by atoms with Crippen molar-refractivity contribution in [3.8, 4) is 0 Å². The number of pyridine rings is 1. The predicted molar refractivity (Wildman–Crippen MR) is 101 cm³/mol. The number of hydrogen-bond acceptors (Lipinski definition) is 5. The van der Waals surface area contributed by atoms with Gasteiger partial charge in [-0.25, -0.2) is 9.52 Å². The quantitative estimate of drug-likeness (QED) is 0.627. The number of rotatable bonds is 2. The highest BCUT2D eigenvalue weighted by molar-refractivity contribution is 6.16. The van der Waals surface area contributed by atoms with Gasteiger partial charge in [0.25, 0.3) is 5.91 Å². The molecule has 2 aliphatic rings. The number of likely N-dealkylation sites (N-methyl/N-ethyl adjacent to an activating group) is 1. The van der Waals surface area contributed by atoms with Gasteiger partial charge in [0.1, 0.15) is 17.9 Å². The van der Waals surface area contributed by atoms with Crippen molar-refractivity contribution in [2.75, 3.05) is 50.0 Å². The lowest BCUT2D eigenvalue weighted by Gasteiger charge is -2.32. The Morgan fingerprint density at radius 3 is 2.67 bits per heavy atom. The van der Waals surface area contributed by atoms with E-state index in [1.165, 1.54) is 11.1 Å². The summed E-state index contributed by atoms with van der Waals surface area (Å²) in [7, 11) is 2.05. The van der Waals surface area contributed by atoms with Crippen LogP contribution in [0.4, 0.5) is 17.2 Å². The van der Waals surface area contributed by atoms with Gasteiger partial charge in [-0.15, -0.1) is 0 Å². The third-order valence-electron chi connectivity index (χ3n) is 4.99. The largest absolute Gasteiger partial charge is 0.711 e. The van der Waals surface area contributed by atoms with Crippen molar-refractivity contribution in [2.45, 2.75) is 0 Å². The van der Waals surface area contributed by atoms with Crippen LogP contribution in [0.25, 0.3) is 0 Å². The van der Waals surface area contributed by atoms with Crippen LogP contribution in [0.2, 0.25) is 0 Å². The summed E-state index contributed by atoms with van der Waals surface area (Å²) in [5, 5.41) is 15.3. The molecule has 0 radical (unpaired) electrons. The van der Waals surface area contributed by atoms with Gasteiger partial charge < -0.3 is 15.4 Å². The van der Waals surface area contributed by atoms with Crippen molar-refractivity contribution in [3.05, 3.63) is 53.4 Å². The van der Waals surface area contributed by atoms with Crippen molar-refractivity contribution >= 4 is 29.0 Å². The van der Waals surface area contributed by atoms with E-state index in [-0.39, 0.29) is 24.2 Å². The number of carbonyl (C=O) groups is 2. The lowest BCUT2D eigenvalue weighted by atomic mass is 10.1. The van der Waals surface area contributed by atoms with E-state index >= 15 is 0 Å². The van der Waals surface area contributed by atoms with E-state index in [2.05, 4.69) is 22.2 Å². The van der Waals surface area contributed by atoms with E-state index in [4.69, 9.17) is 0 Å². The van der Waals surface area contributed by atoms with Crippen LogP contribution in [0.1, 0.15) is 10.4 Å². The van der Waals surface area contributed by atoms with Crippen molar-refractivity contribution in [3.63, 3.8) is 0 Å². The lowest BCUT2D eigenvalue weighted by molar-refractivity contribution is -0.590. The van der Waals surface area contributed by atoms with Gasteiger partial charge in [0.05, 0.1) is 11.8 Å². The smallest absolute Gasteiger partial charge is 0.329 e. The zero-order valence-corrected chi connectivity index (χ0v) is 15.1. The number of para-hydroxylation sites is 1. The molecule has 0 bridgehead atoms. The summed E-state index contributed by atoms with van der Waals surface area (Å²) in [6.07, 6.45) is 1.33. The topological polar surface area (TPSA) is 82.8 Å². The Kier molecular flexibility index (Phi) is 4.51. The van der Waals surface area contributed by atoms with Crippen LogP contribution in [0, 0.1) is 5.21 Å². The first-order valence-electron chi connectivity index (χ1n) is 8.91. The Morgan fingerprint density at radius 1 is 1.15 bits per heavy atom. The van der Waals surface area contributed by atoms with Crippen LogP contribution in [-0.2, 0) is 4.79 Å². The molecule has 27 heavy (non-hydrogen) atoms. The maximum absolute atomic E-state index is 13.3. The monoisotopic (exact) mass is 367 g/mol. The molecule has 140 valence electrons. The molecule has 8 heteroatoms. The molecule has 2 amide bonds. The summed E-state index contributed by atoms with van der Waals surface area (Å²) in [6.45, 7) is 3.54. The highest BCUT2D eigenvalue weighted by Gasteiger charge is 2.38. The van der Waals surface area contributed by atoms with E-state index in [0.29, 0.717) is 21.7 Å². The number of nitrogens with one attached hydrogen (secondary N) is 1. The van der Waals surface area contributed by atoms with E-state index in [1.54, 1.807) is 36.4 Å². The van der Waals surface area contributed by atoms with Crippen LogP contribution in [0.5, 0.6) is 0 Å². The second-order valence-electron chi connectivity index (χ2n) is 6.85. The number of piperazine rings is 1. The number of aromatic nitrogens is 1. The highest BCUT2D eigenvalue weighted by Crippen LogP contribution is 2.35. The molecule has 1 aromatic carbocycles. The summed E-state index contributed by atoms with van der Waals surface area (Å²) in [6, 6.07) is 10.0. The number of benzene rings is 1. The molecule has 2 aliphatic heterocycles. The molecular weight excluding hydrogens is 346 g/mol. The predicted octanol–water partition coefficient (Wildman–Crippen LogP) is 0.798. The summed E-state index contributed by atoms with van der Waals surface area (Å²) in [5.74, 6) is -0.455. The molecule has 0 spiro atoms. The van der Waals surface area contributed by atoms with E-state index in [1.807, 2.05) is 0 Å². The minimum absolute atomic E-state index is 0.120. The van der Waals surface area contributed by atoms with Gasteiger partial charge in [0.15, 0.2) is 0 Å². The Labute approximate surface area is 157 Å². The normalized spacial score (nSPS) is 17.7. The summed E-state index contributed by atoms with van der Waals surface area (Å²) < 4.78 is 0.625. The number of hydrogen-bond donors (Lipinski definition) is 1. The molecule has 1 fully saturated rings. The molecule has 0 aliphatic carbocycles. The third-order valence-corrected chi connectivity index (χ3v) is 4.99. The first kappa shape index (κ1) is 17.4. The molecular formula is C19H21N5O3.